The van der Waals surface area contributed by atoms with Crippen molar-refractivity contribution in [2.24, 2.45) is 5.73 Å². The lowest BCUT2D eigenvalue weighted by Gasteiger charge is -2.08. The van der Waals surface area contributed by atoms with Gasteiger partial charge in [-0.1, -0.05) is 6.07 Å². The van der Waals surface area contributed by atoms with Crippen molar-refractivity contribution < 1.29 is 9.50 Å². The van der Waals surface area contributed by atoms with Gasteiger partial charge in [-0.2, -0.15) is 0 Å². The number of nitrogens with two attached hydrogens (primary N) is 2. The number of hydrogen-bond donors (Lipinski definition) is 3. The average molecular weight is 170 g/mol. The van der Waals surface area contributed by atoms with Crippen LogP contribution in [-0.2, 0) is 0 Å². The maximum atomic E-state index is 12.6. The second-order valence-electron chi connectivity index (χ2n) is 2.57. The zero-order chi connectivity index (χ0) is 9.14. The van der Waals surface area contributed by atoms with Crippen LogP contribution in [0.15, 0.2) is 18.2 Å². The Labute approximate surface area is 69.8 Å². The fourth-order valence-electron chi connectivity index (χ4n) is 0.898. The highest BCUT2D eigenvalue weighted by Gasteiger charge is 2.06. The Bertz CT molecular complexity index is 278. The van der Waals surface area contributed by atoms with Crippen molar-refractivity contribution in [3.63, 3.8) is 0 Å². The summed E-state index contributed by atoms with van der Waals surface area (Å²) in [5.74, 6) is -0.469. The molecule has 5 N–H and O–H groups in total. The van der Waals surface area contributed by atoms with E-state index in [9.17, 15) is 4.39 Å². The highest BCUT2D eigenvalue weighted by atomic mass is 19.1. The topological polar surface area (TPSA) is 72.3 Å². The molecule has 0 saturated carbocycles. The van der Waals surface area contributed by atoms with Crippen molar-refractivity contribution in [3.05, 3.63) is 29.6 Å². The van der Waals surface area contributed by atoms with E-state index in [1.165, 1.54) is 18.2 Å². The van der Waals surface area contributed by atoms with Crippen molar-refractivity contribution in [1.82, 2.24) is 0 Å². The summed E-state index contributed by atoms with van der Waals surface area (Å²) in [7, 11) is 0. The predicted octanol–water partition coefficient (Wildman–Crippen LogP) is 0.400. The van der Waals surface area contributed by atoms with Gasteiger partial charge in [-0.3, -0.25) is 0 Å². The van der Waals surface area contributed by atoms with Gasteiger partial charge in [0.25, 0.3) is 0 Å². The Balaban J connectivity index is 2.96. The highest BCUT2D eigenvalue weighted by molar-refractivity contribution is 5.43. The molecular formula is C8H11FN2O. The third-order valence-electron chi connectivity index (χ3n) is 1.64. The average Bonchev–Trinajstić information content (AvgIpc) is 2.08. The Morgan fingerprint density at radius 3 is 2.67 bits per heavy atom. The summed E-state index contributed by atoms with van der Waals surface area (Å²) in [6, 6.07) is 3.68. The summed E-state index contributed by atoms with van der Waals surface area (Å²) < 4.78 is 12.6. The standard InChI is InChI=1S/C8H11FN2O/c9-6-2-1-5(3-7(6)10)8(11)4-12/h1-3,8,12H,4,10-11H2/t8-/m0/s1. The molecular weight excluding hydrogens is 159 g/mol. The number of aliphatic hydroxyl groups is 1. The number of anilines is 1. The SMILES string of the molecule is Nc1cc([C@@H](N)CO)ccc1F. The molecule has 66 valence electrons. The summed E-state index contributed by atoms with van der Waals surface area (Å²) >= 11 is 0. The van der Waals surface area contributed by atoms with Crippen molar-refractivity contribution in [2.45, 2.75) is 6.04 Å². The van der Waals surface area contributed by atoms with Crippen LogP contribution in [0.4, 0.5) is 10.1 Å². The Morgan fingerprint density at radius 2 is 2.17 bits per heavy atom. The van der Waals surface area contributed by atoms with Crippen molar-refractivity contribution in [2.75, 3.05) is 12.3 Å². The molecule has 1 aromatic carbocycles. The number of nitrogen functional groups attached to an aromatic ring is 1. The number of halogens is 1. The van der Waals surface area contributed by atoms with Crippen LogP contribution in [0, 0.1) is 5.82 Å². The fourth-order valence-corrected chi connectivity index (χ4v) is 0.898. The molecule has 0 fully saturated rings. The molecule has 0 radical (unpaired) electrons. The number of benzene rings is 1. The van der Waals surface area contributed by atoms with Crippen LogP contribution in [0.5, 0.6) is 0 Å². The normalized spacial score (nSPS) is 12.9. The smallest absolute Gasteiger partial charge is 0.146 e. The van der Waals surface area contributed by atoms with Gasteiger partial charge in [0, 0.05) is 0 Å². The maximum Gasteiger partial charge on any atom is 0.146 e. The molecule has 0 aliphatic rings. The van der Waals surface area contributed by atoms with Crippen molar-refractivity contribution in [1.29, 1.82) is 0 Å². The van der Waals surface area contributed by atoms with Gasteiger partial charge in [-0.15, -0.1) is 0 Å². The lowest BCUT2D eigenvalue weighted by atomic mass is 10.1. The van der Waals surface area contributed by atoms with Gasteiger partial charge in [0.05, 0.1) is 18.3 Å². The zero-order valence-corrected chi connectivity index (χ0v) is 6.50. The van der Waals surface area contributed by atoms with E-state index in [0.29, 0.717) is 5.56 Å². The molecule has 0 unspecified atom stereocenters. The molecule has 12 heavy (non-hydrogen) atoms. The molecule has 4 heteroatoms. The molecule has 0 bridgehead atoms. The highest BCUT2D eigenvalue weighted by Crippen LogP contribution is 2.16. The first-order valence-electron chi connectivity index (χ1n) is 3.56. The summed E-state index contributed by atoms with van der Waals surface area (Å²) in [6.07, 6.45) is 0. The molecule has 0 heterocycles. The van der Waals surface area contributed by atoms with Crippen LogP contribution in [-0.4, -0.2) is 11.7 Å². The lowest BCUT2D eigenvalue weighted by Crippen LogP contribution is -2.14. The van der Waals surface area contributed by atoms with Crippen molar-refractivity contribution >= 4 is 5.69 Å². The van der Waals surface area contributed by atoms with Crippen LogP contribution < -0.4 is 11.5 Å². The lowest BCUT2D eigenvalue weighted by molar-refractivity contribution is 0.268. The van der Waals surface area contributed by atoms with Gasteiger partial charge >= 0.3 is 0 Å². The van der Waals surface area contributed by atoms with Crippen LogP contribution in [0.3, 0.4) is 0 Å². The fraction of sp³-hybridized carbons (Fsp3) is 0.250. The first-order valence-corrected chi connectivity index (χ1v) is 3.56. The molecule has 0 aromatic heterocycles. The summed E-state index contributed by atoms with van der Waals surface area (Å²) in [5, 5.41) is 8.69. The molecule has 0 aliphatic carbocycles. The summed E-state index contributed by atoms with van der Waals surface area (Å²) in [5.41, 5.74) is 11.5. The van der Waals surface area contributed by atoms with E-state index >= 15 is 0 Å². The van der Waals surface area contributed by atoms with Crippen molar-refractivity contribution in [3.8, 4) is 0 Å². The molecule has 3 nitrogen and oxygen atoms in total. The second-order valence-corrected chi connectivity index (χ2v) is 2.57. The first-order chi connectivity index (χ1) is 5.65. The van der Waals surface area contributed by atoms with Gasteiger partial charge < -0.3 is 16.6 Å². The van der Waals surface area contributed by atoms with E-state index in [-0.39, 0.29) is 12.3 Å². The largest absolute Gasteiger partial charge is 0.396 e. The van der Waals surface area contributed by atoms with E-state index in [4.69, 9.17) is 16.6 Å². The first kappa shape index (κ1) is 8.96. The van der Waals surface area contributed by atoms with Gasteiger partial charge in [0.1, 0.15) is 5.82 Å². The molecule has 1 aromatic rings. The maximum absolute atomic E-state index is 12.6. The van der Waals surface area contributed by atoms with E-state index in [1.807, 2.05) is 0 Å². The van der Waals surface area contributed by atoms with Gasteiger partial charge in [-0.05, 0) is 17.7 Å². The predicted molar refractivity (Wildman–Crippen MR) is 44.8 cm³/mol. The summed E-state index contributed by atoms with van der Waals surface area (Å²) in [4.78, 5) is 0. The number of hydrogen-bond acceptors (Lipinski definition) is 3. The number of aliphatic hydroxyl groups excluding tert-OH is 1. The summed E-state index contributed by atoms with van der Waals surface area (Å²) in [6.45, 7) is -0.176. The zero-order valence-electron chi connectivity index (χ0n) is 6.50. The van der Waals surface area contributed by atoms with E-state index in [0.717, 1.165) is 0 Å². The molecule has 1 atom stereocenters. The second kappa shape index (κ2) is 3.51. The monoisotopic (exact) mass is 170 g/mol. The quantitative estimate of drug-likeness (QED) is 0.562. The minimum absolute atomic E-state index is 0.0522. The third-order valence-corrected chi connectivity index (χ3v) is 1.64. The third kappa shape index (κ3) is 1.72. The van der Waals surface area contributed by atoms with E-state index < -0.39 is 11.9 Å². The minimum atomic E-state index is -0.493. The molecule has 0 amide bonds. The molecule has 1 rings (SSSR count). The van der Waals surface area contributed by atoms with Crippen LogP contribution >= 0.6 is 0 Å². The Morgan fingerprint density at radius 1 is 1.50 bits per heavy atom. The van der Waals surface area contributed by atoms with Gasteiger partial charge in [0.2, 0.25) is 0 Å². The Hall–Kier alpha value is -1.13. The Kier molecular flexibility index (Phi) is 2.62. The van der Waals surface area contributed by atoms with Crippen LogP contribution in [0.2, 0.25) is 0 Å². The molecule has 0 spiro atoms. The molecule has 0 aliphatic heterocycles. The van der Waals surface area contributed by atoms with E-state index in [1.54, 1.807) is 0 Å². The van der Waals surface area contributed by atoms with Gasteiger partial charge in [0.15, 0.2) is 0 Å². The van der Waals surface area contributed by atoms with E-state index in [2.05, 4.69) is 0 Å². The van der Waals surface area contributed by atoms with Crippen LogP contribution in [0.25, 0.3) is 0 Å². The minimum Gasteiger partial charge on any atom is -0.396 e. The number of rotatable bonds is 2. The molecule has 0 saturated heterocycles. The van der Waals surface area contributed by atoms with Crippen LogP contribution in [0.1, 0.15) is 11.6 Å². The van der Waals surface area contributed by atoms with Gasteiger partial charge in [-0.25, -0.2) is 4.39 Å².